The molecule has 2 aromatic carbocycles. The zero-order valence-electron chi connectivity index (χ0n) is 15.6. The molecule has 1 N–H and O–H groups in total. The average Bonchev–Trinajstić information content (AvgIpc) is 2.69. The van der Waals surface area contributed by atoms with Gasteiger partial charge >= 0.3 is 0 Å². The Morgan fingerprint density at radius 3 is 2.26 bits per heavy atom. The number of carbonyl (C=O) groups excluding carboxylic acids is 1. The summed E-state index contributed by atoms with van der Waals surface area (Å²) in [6, 6.07) is 13.8. The van der Waals surface area contributed by atoms with Crippen LogP contribution in [0.25, 0.3) is 0 Å². The van der Waals surface area contributed by atoms with Crippen molar-refractivity contribution < 1.29 is 14.6 Å². The van der Waals surface area contributed by atoms with Gasteiger partial charge in [0.25, 0.3) is 0 Å². The second-order valence-electron chi connectivity index (χ2n) is 7.31. The first-order valence-electron chi connectivity index (χ1n) is 9.45. The van der Waals surface area contributed by atoms with Gasteiger partial charge in [0.15, 0.2) is 5.78 Å². The number of rotatable bonds is 7. The van der Waals surface area contributed by atoms with Crippen LogP contribution < -0.4 is 4.74 Å². The van der Waals surface area contributed by atoms with E-state index in [1.165, 1.54) is 12.8 Å². The third-order valence-corrected chi connectivity index (χ3v) is 5.26. The SMILES string of the molecule is CC1CCN(C[C@H](O)COc2ccc(C(=O)c3ccc(Cl)cc3)cc2)CC1. The number of benzene rings is 2. The third-order valence-electron chi connectivity index (χ3n) is 5.01. The van der Waals surface area contributed by atoms with Crippen molar-refractivity contribution in [1.82, 2.24) is 4.90 Å². The largest absolute Gasteiger partial charge is 0.491 e. The Morgan fingerprint density at radius 1 is 1.11 bits per heavy atom. The molecule has 1 fully saturated rings. The number of aliphatic hydroxyl groups excluding tert-OH is 1. The molecule has 144 valence electrons. The quantitative estimate of drug-likeness (QED) is 0.728. The maximum Gasteiger partial charge on any atom is 0.193 e. The average molecular weight is 388 g/mol. The Morgan fingerprint density at radius 2 is 1.67 bits per heavy atom. The van der Waals surface area contributed by atoms with E-state index < -0.39 is 6.10 Å². The zero-order chi connectivity index (χ0) is 19.2. The molecule has 4 nitrogen and oxygen atoms in total. The summed E-state index contributed by atoms with van der Waals surface area (Å²) in [7, 11) is 0. The fraction of sp³-hybridized carbons (Fsp3) is 0.409. The number of β-amino-alcohol motifs (C(OH)–C–C–N with tert-alkyl or cyclic N) is 1. The number of carbonyl (C=O) groups is 1. The minimum Gasteiger partial charge on any atom is -0.491 e. The molecule has 0 amide bonds. The molecule has 1 aliphatic heterocycles. The van der Waals surface area contributed by atoms with E-state index in [9.17, 15) is 9.90 Å². The second-order valence-corrected chi connectivity index (χ2v) is 7.74. The zero-order valence-corrected chi connectivity index (χ0v) is 16.4. The van der Waals surface area contributed by atoms with Crippen LogP contribution >= 0.6 is 11.6 Å². The van der Waals surface area contributed by atoms with Gasteiger partial charge < -0.3 is 14.7 Å². The van der Waals surface area contributed by atoms with Crippen molar-refractivity contribution >= 4 is 17.4 Å². The van der Waals surface area contributed by atoms with Gasteiger partial charge in [-0.05, 0) is 80.4 Å². The molecule has 2 aromatic rings. The highest BCUT2D eigenvalue weighted by Crippen LogP contribution is 2.18. The van der Waals surface area contributed by atoms with Crippen LogP contribution in [0, 0.1) is 5.92 Å². The van der Waals surface area contributed by atoms with Gasteiger partial charge in [-0.15, -0.1) is 0 Å². The van der Waals surface area contributed by atoms with Crippen molar-refractivity contribution in [3.63, 3.8) is 0 Å². The van der Waals surface area contributed by atoms with Gasteiger partial charge in [-0.2, -0.15) is 0 Å². The fourth-order valence-electron chi connectivity index (χ4n) is 3.26. The summed E-state index contributed by atoms with van der Waals surface area (Å²) in [5.41, 5.74) is 1.19. The first kappa shape index (κ1) is 19.9. The summed E-state index contributed by atoms with van der Waals surface area (Å²) in [6.45, 7) is 5.24. The molecule has 0 saturated carbocycles. The Hall–Kier alpha value is -1.88. The summed E-state index contributed by atoms with van der Waals surface area (Å²) < 4.78 is 5.68. The highest BCUT2D eigenvalue weighted by atomic mass is 35.5. The number of ether oxygens (including phenoxy) is 1. The van der Waals surface area contributed by atoms with E-state index in [4.69, 9.17) is 16.3 Å². The Kier molecular flexibility index (Phi) is 6.89. The summed E-state index contributed by atoms with van der Waals surface area (Å²) in [5, 5.41) is 10.8. The number of ketones is 1. The smallest absolute Gasteiger partial charge is 0.193 e. The lowest BCUT2D eigenvalue weighted by atomic mass is 9.99. The summed E-state index contributed by atoms with van der Waals surface area (Å²) >= 11 is 5.86. The molecule has 1 saturated heterocycles. The van der Waals surface area contributed by atoms with Crippen LogP contribution in [0.3, 0.4) is 0 Å². The van der Waals surface area contributed by atoms with Gasteiger partial charge in [-0.3, -0.25) is 4.79 Å². The Bertz CT molecular complexity index is 737. The summed E-state index contributed by atoms with van der Waals surface area (Å²) in [4.78, 5) is 14.7. The van der Waals surface area contributed by atoms with Gasteiger partial charge in [0.1, 0.15) is 18.5 Å². The molecule has 5 heteroatoms. The number of piperidine rings is 1. The molecule has 0 spiro atoms. The van der Waals surface area contributed by atoms with E-state index in [-0.39, 0.29) is 12.4 Å². The molecule has 0 aliphatic carbocycles. The molecule has 0 unspecified atom stereocenters. The summed E-state index contributed by atoms with van der Waals surface area (Å²) in [5.74, 6) is 1.37. The predicted molar refractivity (Wildman–Crippen MR) is 108 cm³/mol. The number of aliphatic hydroxyl groups is 1. The lowest BCUT2D eigenvalue weighted by Crippen LogP contribution is -2.40. The van der Waals surface area contributed by atoms with E-state index >= 15 is 0 Å². The highest BCUT2D eigenvalue weighted by molar-refractivity contribution is 6.30. The van der Waals surface area contributed by atoms with Gasteiger partial charge in [-0.1, -0.05) is 18.5 Å². The van der Waals surface area contributed by atoms with Crippen LogP contribution in [0.4, 0.5) is 0 Å². The number of nitrogens with zero attached hydrogens (tertiary/aromatic N) is 1. The minimum atomic E-state index is -0.520. The molecular weight excluding hydrogens is 362 g/mol. The topological polar surface area (TPSA) is 49.8 Å². The van der Waals surface area contributed by atoms with Crippen LogP contribution in [0.5, 0.6) is 5.75 Å². The van der Waals surface area contributed by atoms with Crippen LogP contribution in [-0.2, 0) is 0 Å². The third kappa shape index (κ3) is 5.80. The van der Waals surface area contributed by atoms with Crippen LogP contribution in [0.2, 0.25) is 5.02 Å². The number of hydrogen-bond acceptors (Lipinski definition) is 4. The van der Waals surface area contributed by atoms with Crippen LogP contribution in [-0.4, -0.2) is 48.1 Å². The first-order valence-corrected chi connectivity index (χ1v) is 9.82. The van der Waals surface area contributed by atoms with E-state index in [2.05, 4.69) is 11.8 Å². The van der Waals surface area contributed by atoms with Crippen molar-refractivity contribution in [3.05, 3.63) is 64.7 Å². The molecule has 1 atom stereocenters. The van der Waals surface area contributed by atoms with Gasteiger partial charge in [0, 0.05) is 22.7 Å². The fourth-order valence-corrected chi connectivity index (χ4v) is 3.38. The Balaban J connectivity index is 1.48. The second kappa shape index (κ2) is 9.36. The molecule has 0 aromatic heterocycles. The first-order chi connectivity index (χ1) is 13.0. The van der Waals surface area contributed by atoms with Crippen molar-refractivity contribution in [2.24, 2.45) is 5.92 Å². The van der Waals surface area contributed by atoms with E-state index in [0.717, 1.165) is 19.0 Å². The normalized spacial score (nSPS) is 16.9. The van der Waals surface area contributed by atoms with Crippen molar-refractivity contribution in [3.8, 4) is 5.75 Å². The number of hydrogen-bond donors (Lipinski definition) is 1. The standard InChI is InChI=1S/C22H26ClNO3/c1-16-10-12-24(13-11-16)14-20(25)15-27-21-8-4-18(5-9-21)22(26)17-2-6-19(23)7-3-17/h2-9,16,20,25H,10-15H2,1H3/t20-/m0/s1. The van der Waals surface area contributed by atoms with Crippen LogP contribution in [0.1, 0.15) is 35.7 Å². The number of halogens is 1. The van der Waals surface area contributed by atoms with Crippen LogP contribution in [0.15, 0.2) is 48.5 Å². The Labute approximate surface area is 165 Å². The number of likely N-dealkylation sites (tertiary alicyclic amines) is 1. The van der Waals surface area contributed by atoms with Crippen molar-refractivity contribution in [1.29, 1.82) is 0 Å². The van der Waals surface area contributed by atoms with Gasteiger partial charge in [0.2, 0.25) is 0 Å². The molecule has 0 radical (unpaired) electrons. The lowest BCUT2D eigenvalue weighted by molar-refractivity contribution is 0.0563. The summed E-state index contributed by atoms with van der Waals surface area (Å²) in [6.07, 6.45) is 1.86. The predicted octanol–water partition coefficient (Wildman–Crippen LogP) is 4.04. The lowest BCUT2D eigenvalue weighted by Gasteiger charge is -2.31. The minimum absolute atomic E-state index is 0.0578. The molecule has 3 rings (SSSR count). The maximum absolute atomic E-state index is 12.5. The molecular formula is C22H26ClNO3. The maximum atomic E-state index is 12.5. The monoisotopic (exact) mass is 387 g/mol. The molecule has 1 aliphatic rings. The van der Waals surface area contributed by atoms with Crippen molar-refractivity contribution in [2.75, 3.05) is 26.2 Å². The van der Waals surface area contributed by atoms with E-state index in [1.54, 1.807) is 48.5 Å². The van der Waals surface area contributed by atoms with Crippen molar-refractivity contribution in [2.45, 2.75) is 25.9 Å². The van der Waals surface area contributed by atoms with E-state index in [1.807, 2.05) is 0 Å². The van der Waals surface area contributed by atoms with E-state index in [0.29, 0.717) is 28.4 Å². The highest BCUT2D eigenvalue weighted by Gasteiger charge is 2.18. The van der Waals surface area contributed by atoms with Gasteiger partial charge in [0.05, 0.1) is 0 Å². The molecule has 1 heterocycles. The molecule has 0 bridgehead atoms. The molecule has 27 heavy (non-hydrogen) atoms. The van der Waals surface area contributed by atoms with Gasteiger partial charge in [-0.25, -0.2) is 0 Å².